The summed E-state index contributed by atoms with van der Waals surface area (Å²) in [6, 6.07) is 0.431. The van der Waals surface area contributed by atoms with E-state index in [1.54, 1.807) is 0 Å². The number of aliphatic hydroxyl groups excluding tert-OH is 1. The highest BCUT2D eigenvalue weighted by Gasteiger charge is 2.38. The molecule has 2 N–H and O–H groups in total. The molecule has 0 saturated carbocycles. The van der Waals surface area contributed by atoms with Crippen molar-refractivity contribution in [1.82, 2.24) is 5.32 Å². The molecule has 2 heterocycles. The van der Waals surface area contributed by atoms with E-state index in [-0.39, 0.29) is 6.10 Å². The van der Waals surface area contributed by atoms with E-state index in [1.807, 2.05) is 0 Å². The molecule has 0 aromatic rings. The fourth-order valence-electron chi connectivity index (χ4n) is 1.58. The molecule has 0 radical (unpaired) electrons. The van der Waals surface area contributed by atoms with Crippen LogP contribution in [0.2, 0.25) is 0 Å². The van der Waals surface area contributed by atoms with Gasteiger partial charge in [0.1, 0.15) is 0 Å². The molecule has 0 aliphatic carbocycles. The van der Waals surface area contributed by atoms with E-state index >= 15 is 0 Å². The van der Waals surface area contributed by atoms with E-state index in [2.05, 4.69) is 5.32 Å². The lowest BCUT2D eigenvalue weighted by molar-refractivity contribution is 0.107. The lowest BCUT2D eigenvalue weighted by Crippen LogP contribution is -2.26. The fourth-order valence-corrected chi connectivity index (χ4v) is 1.58. The Balaban J connectivity index is 2.07. The fraction of sp³-hybridized carbons (Fsp3) is 1.00. The number of aliphatic hydroxyl groups is 1. The van der Waals surface area contributed by atoms with Crippen molar-refractivity contribution in [2.75, 3.05) is 19.8 Å². The molecular formula is C6H11NO2. The van der Waals surface area contributed by atoms with E-state index in [9.17, 15) is 5.11 Å². The summed E-state index contributed by atoms with van der Waals surface area (Å²) in [5.41, 5.74) is 0. The first-order valence-electron chi connectivity index (χ1n) is 3.37. The maximum absolute atomic E-state index is 9.26. The Morgan fingerprint density at radius 1 is 1.44 bits per heavy atom. The zero-order valence-electron chi connectivity index (χ0n) is 5.21. The first-order valence-corrected chi connectivity index (χ1v) is 3.37. The summed E-state index contributed by atoms with van der Waals surface area (Å²) < 4.78 is 5.16. The predicted octanol–water partition coefficient (Wildman–Crippen LogP) is -1.03. The van der Waals surface area contributed by atoms with Crippen LogP contribution in [0.3, 0.4) is 0 Å². The Morgan fingerprint density at radius 2 is 2.33 bits per heavy atom. The lowest BCUT2D eigenvalue weighted by atomic mass is 10.0. The maximum Gasteiger partial charge on any atom is 0.0730 e. The number of β-amino-alcohol motifs (C(OH)–C–C–N with tert-alkyl or cyclic N) is 1. The molecular weight excluding hydrogens is 118 g/mol. The molecule has 0 spiro atoms. The molecule has 3 heteroatoms. The van der Waals surface area contributed by atoms with Crippen LogP contribution >= 0.6 is 0 Å². The second kappa shape index (κ2) is 1.94. The SMILES string of the molecule is OC1CNC2COCC12. The van der Waals surface area contributed by atoms with E-state index in [0.29, 0.717) is 12.0 Å². The van der Waals surface area contributed by atoms with Gasteiger partial charge in [0.15, 0.2) is 0 Å². The van der Waals surface area contributed by atoms with Crippen molar-refractivity contribution in [2.45, 2.75) is 12.1 Å². The molecule has 0 aromatic heterocycles. The van der Waals surface area contributed by atoms with E-state index in [0.717, 1.165) is 19.8 Å². The molecule has 0 amide bonds. The standard InChI is InChI=1S/C6H11NO2/c8-6-1-7-5-3-9-2-4(5)6/h4-8H,1-3H2. The Bertz CT molecular complexity index is 118. The van der Waals surface area contributed by atoms with Gasteiger partial charge in [0.2, 0.25) is 0 Å². The molecule has 2 rings (SSSR count). The largest absolute Gasteiger partial charge is 0.391 e. The monoisotopic (exact) mass is 129 g/mol. The Morgan fingerprint density at radius 3 is 3.11 bits per heavy atom. The van der Waals surface area contributed by atoms with Crippen LogP contribution < -0.4 is 5.32 Å². The Labute approximate surface area is 54.0 Å². The molecule has 2 aliphatic heterocycles. The van der Waals surface area contributed by atoms with Crippen LogP contribution in [-0.2, 0) is 4.74 Å². The van der Waals surface area contributed by atoms with Gasteiger partial charge < -0.3 is 15.2 Å². The molecule has 2 fully saturated rings. The van der Waals surface area contributed by atoms with Crippen molar-refractivity contribution < 1.29 is 9.84 Å². The first-order chi connectivity index (χ1) is 4.38. The molecule has 0 bridgehead atoms. The highest BCUT2D eigenvalue weighted by atomic mass is 16.5. The number of fused-ring (bicyclic) bond motifs is 1. The molecule has 2 aliphatic rings. The summed E-state index contributed by atoms with van der Waals surface area (Å²) in [4.78, 5) is 0. The summed E-state index contributed by atoms with van der Waals surface area (Å²) in [6.45, 7) is 2.26. The van der Waals surface area contributed by atoms with Crippen molar-refractivity contribution >= 4 is 0 Å². The summed E-state index contributed by atoms with van der Waals surface area (Å²) in [6.07, 6.45) is -0.169. The van der Waals surface area contributed by atoms with Gasteiger partial charge in [0.05, 0.1) is 19.3 Å². The van der Waals surface area contributed by atoms with Gasteiger partial charge in [-0.2, -0.15) is 0 Å². The minimum absolute atomic E-state index is 0.169. The van der Waals surface area contributed by atoms with E-state index < -0.39 is 0 Å². The lowest BCUT2D eigenvalue weighted by Gasteiger charge is -2.07. The number of nitrogens with one attached hydrogen (secondary N) is 1. The van der Waals surface area contributed by atoms with Crippen LogP contribution in [0.4, 0.5) is 0 Å². The highest BCUT2D eigenvalue weighted by Crippen LogP contribution is 2.22. The molecule has 2 saturated heterocycles. The Hall–Kier alpha value is -0.120. The molecule has 3 nitrogen and oxygen atoms in total. The van der Waals surface area contributed by atoms with Crippen molar-refractivity contribution in [3.05, 3.63) is 0 Å². The van der Waals surface area contributed by atoms with Gasteiger partial charge in [-0.3, -0.25) is 0 Å². The average molecular weight is 129 g/mol. The summed E-state index contributed by atoms with van der Waals surface area (Å²) in [5.74, 6) is 0.366. The van der Waals surface area contributed by atoms with Gasteiger partial charge in [0, 0.05) is 18.5 Å². The second-order valence-electron chi connectivity index (χ2n) is 2.78. The van der Waals surface area contributed by atoms with Gasteiger partial charge in [-0.05, 0) is 0 Å². The summed E-state index contributed by atoms with van der Waals surface area (Å²) in [5, 5.41) is 12.5. The quantitative estimate of drug-likeness (QED) is 0.439. The molecule has 3 unspecified atom stereocenters. The van der Waals surface area contributed by atoms with Crippen molar-refractivity contribution in [3.63, 3.8) is 0 Å². The number of rotatable bonds is 0. The highest BCUT2D eigenvalue weighted by molar-refractivity contribution is 4.93. The van der Waals surface area contributed by atoms with Gasteiger partial charge >= 0.3 is 0 Å². The van der Waals surface area contributed by atoms with Crippen LogP contribution in [0, 0.1) is 5.92 Å². The molecule has 3 atom stereocenters. The van der Waals surface area contributed by atoms with Crippen LogP contribution in [0.5, 0.6) is 0 Å². The van der Waals surface area contributed by atoms with E-state index in [1.165, 1.54) is 0 Å². The average Bonchev–Trinajstić information content (AvgIpc) is 2.35. The number of ether oxygens (including phenoxy) is 1. The molecule has 52 valence electrons. The Kier molecular flexibility index (Phi) is 1.22. The van der Waals surface area contributed by atoms with Crippen LogP contribution in [0.1, 0.15) is 0 Å². The third-order valence-electron chi connectivity index (χ3n) is 2.21. The van der Waals surface area contributed by atoms with Gasteiger partial charge in [-0.25, -0.2) is 0 Å². The predicted molar refractivity (Wildman–Crippen MR) is 32.1 cm³/mol. The van der Waals surface area contributed by atoms with Crippen LogP contribution in [0.25, 0.3) is 0 Å². The summed E-state index contributed by atoms with van der Waals surface area (Å²) >= 11 is 0. The van der Waals surface area contributed by atoms with E-state index in [4.69, 9.17) is 4.74 Å². The molecule has 0 aromatic carbocycles. The normalized spacial score (nSPS) is 49.7. The number of hydrogen-bond donors (Lipinski definition) is 2. The minimum Gasteiger partial charge on any atom is -0.391 e. The number of hydrogen-bond acceptors (Lipinski definition) is 3. The summed E-state index contributed by atoms with van der Waals surface area (Å²) in [7, 11) is 0. The maximum atomic E-state index is 9.26. The third kappa shape index (κ3) is 0.764. The van der Waals surface area contributed by atoms with Crippen LogP contribution in [-0.4, -0.2) is 37.0 Å². The van der Waals surface area contributed by atoms with Gasteiger partial charge in [-0.1, -0.05) is 0 Å². The topological polar surface area (TPSA) is 41.5 Å². The first kappa shape index (κ1) is 5.65. The van der Waals surface area contributed by atoms with Crippen molar-refractivity contribution in [3.8, 4) is 0 Å². The van der Waals surface area contributed by atoms with Crippen molar-refractivity contribution in [2.24, 2.45) is 5.92 Å². The minimum atomic E-state index is -0.169. The second-order valence-corrected chi connectivity index (χ2v) is 2.78. The third-order valence-corrected chi connectivity index (χ3v) is 2.21. The zero-order chi connectivity index (χ0) is 6.27. The van der Waals surface area contributed by atoms with Gasteiger partial charge in [0.25, 0.3) is 0 Å². The smallest absolute Gasteiger partial charge is 0.0730 e. The van der Waals surface area contributed by atoms with Gasteiger partial charge in [-0.15, -0.1) is 0 Å². The van der Waals surface area contributed by atoms with Crippen molar-refractivity contribution in [1.29, 1.82) is 0 Å². The molecule has 9 heavy (non-hydrogen) atoms. The zero-order valence-corrected chi connectivity index (χ0v) is 5.21. The van der Waals surface area contributed by atoms with Crippen LogP contribution in [0.15, 0.2) is 0 Å².